The fourth-order valence-corrected chi connectivity index (χ4v) is 0.811. The Morgan fingerprint density at radius 2 is 2.58 bits per heavy atom. The molecule has 66 valence electrons. The van der Waals surface area contributed by atoms with Crippen molar-refractivity contribution in [3.8, 4) is 0 Å². The summed E-state index contributed by atoms with van der Waals surface area (Å²) < 4.78 is 1.35. The highest BCUT2D eigenvalue weighted by atomic mass is 16.4. The Morgan fingerprint density at radius 1 is 1.83 bits per heavy atom. The van der Waals surface area contributed by atoms with Crippen LogP contribution in [0.2, 0.25) is 0 Å². The van der Waals surface area contributed by atoms with Crippen molar-refractivity contribution in [2.45, 2.75) is 6.54 Å². The third kappa shape index (κ3) is 1.79. The van der Waals surface area contributed by atoms with Crippen LogP contribution in [-0.2, 0) is 6.54 Å². The maximum absolute atomic E-state index is 10.5. The third-order valence-electron chi connectivity index (χ3n) is 1.38. The molecule has 0 saturated heterocycles. The first kappa shape index (κ1) is 8.66. The van der Waals surface area contributed by atoms with Crippen LogP contribution >= 0.6 is 0 Å². The van der Waals surface area contributed by atoms with E-state index in [-0.39, 0.29) is 5.82 Å². The molecule has 0 aliphatic carbocycles. The van der Waals surface area contributed by atoms with Gasteiger partial charge in [0.15, 0.2) is 0 Å². The molecule has 6 nitrogen and oxygen atoms in total. The molecule has 0 radical (unpaired) electrons. The van der Waals surface area contributed by atoms with E-state index >= 15 is 0 Å². The summed E-state index contributed by atoms with van der Waals surface area (Å²) in [6.45, 7) is 1.18. The van der Waals surface area contributed by atoms with Crippen molar-refractivity contribution in [3.05, 3.63) is 12.2 Å². The minimum absolute atomic E-state index is 0.0229. The fourth-order valence-electron chi connectivity index (χ4n) is 0.811. The molecule has 6 heteroatoms. The highest BCUT2D eigenvalue weighted by Crippen LogP contribution is 1.92. The first-order valence-corrected chi connectivity index (χ1v) is 3.51. The Morgan fingerprint density at radius 3 is 3.17 bits per heavy atom. The second-order valence-corrected chi connectivity index (χ2v) is 2.22. The van der Waals surface area contributed by atoms with Gasteiger partial charge in [-0.3, -0.25) is 0 Å². The van der Waals surface area contributed by atoms with Gasteiger partial charge in [-0.15, -0.1) is 0 Å². The lowest BCUT2D eigenvalue weighted by Crippen LogP contribution is -2.19. The Kier molecular flexibility index (Phi) is 2.76. The van der Waals surface area contributed by atoms with Gasteiger partial charge >= 0.3 is 5.97 Å². The molecule has 0 bridgehead atoms. The van der Waals surface area contributed by atoms with E-state index < -0.39 is 5.97 Å². The molecule has 0 aliphatic rings. The van der Waals surface area contributed by atoms with Gasteiger partial charge in [0.25, 0.3) is 0 Å². The zero-order valence-corrected chi connectivity index (χ0v) is 6.69. The average Bonchev–Trinajstić information content (AvgIpc) is 2.48. The van der Waals surface area contributed by atoms with Crippen molar-refractivity contribution < 1.29 is 9.90 Å². The molecule has 0 atom stereocenters. The van der Waals surface area contributed by atoms with Gasteiger partial charge < -0.3 is 10.4 Å². The maximum Gasteiger partial charge on any atom is 0.373 e. The number of carbonyl (C=O) groups is 1. The van der Waals surface area contributed by atoms with Crippen LogP contribution in [0.5, 0.6) is 0 Å². The van der Waals surface area contributed by atoms with Crippen molar-refractivity contribution in [1.82, 2.24) is 20.1 Å². The molecule has 2 N–H and O–H groups in total. The van der Waals surface area contributed by atoms with E-state index in [0.717, 1.165) is 0 Å². The number of hydrogen-bond donors (Lipinski definition) is 2. The van der Waals surface area contributed by atoms with Crippen LogP contribution in [0, 0.1) is 0 Å². The minimum atomic E-state index is -1.05. The smallest absolute Gasteiger partial charge is 0.373 e. The highest BCUT2D eigenvalue weighted by molar-refractivity contribution is 5.83. The van der Waals surface area contributed by atoms with Gasteiger partial charge in [0.05, 0.1) is 6.54 Å². The molecular weight excluding hydrogens is 160 g/mol. The number of carboxylic acid groups (broad SMARTS) is 1. The Hall–Kier alpha value is -1.43. The number of nitrogens with zero attached hydrogens (tertiary/aromatic N) is 3. The molecule has 0 saturated carbocycles. The van der Waals surface area contributed by atoms with E-state index in [2.05, 4.69) is 15.4 Å². The number of hydrogen-bond acceptors (Lipinski definition) is 4. The van der Waals surface area contributed by atoms with E-state index in [4.69, 9.17) is 5.11 Å². The SMILES string of the molecule is CNCCn1ncnc1C(=O)O. The molecule has 1 aromatic rings. The largest absolute Gasteiger partial charge is 0.475 e. The van der Waals surface area contributed by atoms with Gasteiger partial charge in [-0.05, 0) is 7.05 Å². The number of nitrogens with one attached hydrogen (secondary N) is 1. The van der Waals surface area contributed by atoms with E-state index in [1.807, 2.05) is 0 Å². The summed E-state index contributed by atoms with van der Waals surface area (Å²) in [5.74, 6) is -1.08. The Labute approximate surface area is 69.2 Å². The van der Waals surface area contributed by atoms with Crippen LogP contribution in [0.4, 0.5) is 0 Å². The number of aromatic nitrogens is 3. The molecule has 0 amide bonds. The van der Waals surface area contributed by atoms with Crippen molar-refractivity contribution in [1.29, 1.82) is 0 Å². The Balaban J connectivity index is 2.70. The summed E-state index contributed by atoms with van der Waals surface area (Å²) in [5.41, 5.74) is 0. The van der Waals surface area contributed by atoms with Gasteiger partial charge in [-0.25, -0.2) is 14.5 Å². The fraction of sp³-hybridized carbons (Fsp3) is 0.500. The summed E-state index contributed by atoms with van der Waals surface area (Å²) in [6, 6.07) is 0. The molecule has 0 spiro atoms. The Bertz CT molecular complexity index is 270. The third-order valence-corrected chi connectivity index (χ3v) is 1.38. The van der Waals surface area contributed by atoms with E-state index in [9.17, 15) is 4.79 Å². The molecule has 0 aromatic carbocycles. The van der Waals surface area contributed by atoms with Gasteiger partial charge in [-0.1, -0.05) is 0 Å². The summed E-state index contributed by atoms with van der Waals surface area (Å²) >= 11 is 0. The van der Waals surface area contributed by atoms with Crippen LogP contribution in [0.15, 0.2) is 6.33 Å². The summed E-state index contributed by atoms with van der Waals surface area (Å²) in [6.07, 6.45) is 1.24. The van der Waals surface area contributed by atoms with E-state index in [1.54, 1.807) is 7.05 Å². The molecule has 0 unspecified atom stereocenters. The quantitative estimate of drug-likeness (QED) is 0.618. The number of aromatic carboxylic acids is 1. The maximum atomic E-state index is 10.5. The first-order chi connectivity index (χ1) is 5.75. The molecule has 0 fully saturated rings. The average molecular weight is 170 g/mol. The minimum Gasteiger partial charge on any atom is -0.475 e. The second kappa shape index (κ2) is 3.82. The molecular formula is C6H10N4O2. The topological polar surface area (TPSA) is 80.0 Å². The number of carboxylic acids is 1. The van der Waals surface area contributed by atoms with Crippen LogP contribution in [-0.4, -0.2) is 39.4 Å². The standard InChI is InChI=1S/C6H10N4O2/c1-7-2-3-10-5(6(11)12)8-4-9-10/h4,7H,2-3H2,1H3,(H,11,12). The molecule has 12 heavy (non-hydrogen) atoms. The van der Waals surface area contributed by atoms with E-state index in [1.165, 1.54) is 11.0 Å². The second-order valence-electron chi connectivity index (χ2n) is 2.22. The van der Waals surface area contributed by atoms with Crippen LogP contribution in [0.25, 0.3) is 0 Å². The van der Waals surface area contributed by atoms with Gasteiger partial charge in [0.1, 0.15) is 6.33 Å². The molecule has 1 rings (SSSR count). The first-order valence-electron chi connectivity index (χ1n) is 3.51. The van der Waals surface area contributed by atoms with Crippen molar-refractivity contribution >= 4 is 5.97 Å². The van der Waals surface area contributed by atoms with Gasteiger partial charge in [0.2, 0.25) is 5.82 Å². The number of rotatable bonds is 4. The predicted molar refractivity (Wildman–Crippen MR) is 40.9 cm³/mol. The lowest BCUT2D eigenvalue weighted by molar-refractivity contribution is 0.0676. The predicted octanol–water partition coefficient (Wildman–Crippen LogP) is -0.804. The van der Waals surface area contributed by atoms with Crippen LogP contribution in [0.1, 0.15) is 10.6 Å². The zero-order chi connectivity index (χ0) is 8.97. The monoisotopic (exact) mass is 170 g/mol. The number of likely N-dealkylation sites (N-methyl/N-ethyl adjacent to an activating group) is 1. The normalized spacial score (nSPS) is 10.1. The lowest BCUT2D eigenvalue weighted by Gasteiger charge is -2.00. The van der Waals surface area contributed by atoms with E-state index in [0.29, 0.717) is 13.1 Å². The molecule has 1 heterocycles. The van der Waals surface area contributed by atoms with Crippen molar-refractivity contribution in [2.75, 3.05) is 13.6 Å². The molecule has 0 aliphatic heterocycles. The lowest BCUT2D eigenvalue weighted by atomic mass is 10.5. The van der Waals surface area contributed by atoms with Gasteiger partial charge in [0, 0.05) is 6.54 Å². The molecule has 1 aromatic heterocycles. The zero-order valence-electron chi connectivity index (χ0n) is 6.69. The van der Waals surface area contributed by atoms with Gasteiger partial charge in [-0.2, -0.15) is 5.10 Å². The van der Waals surface area contributed by atoms with Crippen molar-refractivity contribution in [3.63, 3.8) is 0 Å². The summed E-state index contributed by atoms with van der Waals surface area (Å²) in [7, 11) is 1.79. The van der Waals surface area contributed by atoms with Crippen LogP contribution in [0.3, 0.4) is 0 Å². The summed E-state index contributed by atoms with van der Waals surface area (Å²) in [5, 5.41) is 15.3. The summed E-state index contributed by atoms with van der Waals surface area (Å²) in [4.78, 5) is 14.1. The van der Waals surface area contributed by atoms with Crippen LogP contribution < -0.4 is 5.32 Å². The van der Waals surface area contributed by atoms with Crippen molar-refractivity contribution in [2.24, 2.45) is 0 Å². The highest BCUT2D eigenvalue weighted by Gasteiger charge is 2.10.